The highest BCUT2D eigenvalue weighted by Gasteiger charge is 2.43. The first-order valence-electron chi connectivity index (χ1n) is 13.3. The molecule has 9 nitrogen and oxygen atoms in total. The van der Waals surface area contributed by atoms with Gasteiger partial charge in [0.05, 0.1) is 53.3 Å². The first-order chi connectivity index (χ1) is 19.9. The van der Waals surface area contributed by atoms with Crippen molar-refractivity contribution in [1.82, 2.24) is 15.2 Å². The predicted molar refractivity (Wildman–Crippen MR) is 158 cm³/mol. The Balaban J connectivity index is 1.24. The van der Waals surface area contributed by atoms with Crippen LogP contribution in [0.15, 0.2) is 47.2 Å². The molecule has 2 N–H and O–H groups in total. The van der Waals surface area contributed by atoms with Gasteiger partial charge < -0.3 is 29.3 Å². The average Bonchev–Trinajstić information content (AvgIpc) is 3.40. The highest BCUT2D eigenvalue weighted by atomic mass is 35.5. The molecule has 41 heavy (non-hydrogen) atoms. The largest absolute Gasteiger partial charge is 0.495 e. The van der Waals surface area contributed by atoms with Gasteiger partial charge >= 0.3 is 0 Å². The van der Waals surface area contributed by atoms with Gasteiger partial charge in [-0.2, -0.15) is 5.26 Å². The van der Waals surface area contributed by atoms with E-state index in [2.05, 4.69) is 26.6 Å². The molecule has 212 valence electrons. The number of furan rings is 1. The van der Waals surface area contributed by atoms with Crippen LogP contribution in [0, 0.1) is 16.7 Å². The van der Waals surface area contributed by atoms with Gasteiger partial charge in [0, 0.05) is 42.9 Å². The van der Waals surface area contributed by atoms with Crippen LogP contribution in [0.5, 0.6) is 23.0 Å². The van der Waals surface area contributed by atoms with Gasteiger partial charge in [-0.3, -0.25) is 9.88 Å². The third-order valence-corrected chi connectivity index (χ3v) is 8.40. The molecule has 2 saturated heterocycles. The molecule has 0 saturated carbocycles. The molecule has 0 unspecified atom stereocenters. The number of piperidine rings is 1. The fraction of sp³-hybridized carbons (Fsp3) is 0.333. The molecule has 0 atom stereocenters. The van der Waals surface area contributed by atoms with Crippen LogP contribution >= 0.6 is 23.2 Å². The lowest BCUT2D eigenvalue weighted by molar-refractivity contribution is -0.0316. The summed E-state index contributed by atoms with van der Waals surface area (Å²) in [5, 5.41) is 17.9. The lowest BCUT2D eigenvalue weighted by atomic mass is 9.72. The van der Waals surface area contributed by atoms with E-state index >= 15 is 0 Å². The molecule has 2 aliphatic rings. The van der Waals surface area contributed by atoms with Crippen LogP contribution in [0.25, 0.3) is 10.9 Å². The van der Waals surface area contributed by atoms with Crippen molar-refractivity contribution in [2.75, 3.05) is 45.7 Å². The molecular weight excluding hydrogens is 565 g/mol. The molecule has 0 amide bonds. The second kappa shape index (κ2) is 11.3. The number of rotatable bonds is 8. The Labute approximate surface area is 247 Å². The van der Waals surface area contributed by atoms with Gasteiger partial charge in [-0.05, 0) is 43.5 Å². The number of anilines is 2. The molecule has 1 spiro atoms. The summed E-state index contributed by atoms with van der Waals surface area (Å²) in [6, 6.07) is 10.9. The third-order valence-electron chi connectivity index (χ3n) is 7.79. The van der Waals surface area contributed by atoms with Crippen LogP contribution in [0.3, 0.4) is 0 Å². The second-order valence-corrected chi connectivity index (χ2v) is 11.3. The zero-order valence-corrected chi connectivity index (χ0v) is 24.2. The van der Waals surface area contributed by atoms with Crippen LogP contribution in [-0.2, 0) is 6.54 Å². The maximum atomic E-state index is 9.82. The minimum absolute atomic E-state index is 0.329. The number of fused-ring (bicyclic) bond motifs is 1. The predicted octanol–water partition coefficient (Wildman–Crippen LogP) is 6.74. The van der Waals surface area contributed by atoms with Crippen molar-refractivity contribution < 1.29 is 18.6 Å². The quantitative estimate of drug-likeness (QED) is 0.229. The topological polar surface area (TPSA) is 105 Å². The molecule has 2 aromatic carbocycles. The Hall–Kier alpha value is -3.68. The number of likely N-dealkylation sites (tertiary alicyclic amines) is 1. The Kier molecular flexibility index (Phi) is 7.58. The molecule has 11 heteroatoms. The number of methoxy groups -OCH3 is 2. The number of benzene rings is 2. The molecule has 0 aliphatic carbocycles. The monoisotopic (exact) mass is 593 g/mol. The fourth-order valence-electron chi connectivity index (χ4n) is 5.71. The summed E-state index contributed by atoms with van der Waals surface area (Å²) in [6.45, 7) is 5.16. The smallest absolute Gasteiger partial charge is 0.171 e. The van der Waals surface area contributed by atoms with Crippen molar-refractivity contribution in [2.45, 2.75) is 19.4 Å². The number of nitrogens with zero attached hydrogens (tertiary/aromatic N) is 3. The van der Waals surface area contributed by atoms with Crippen molar-refractivity contribution in [3.05, 3.63) is 64.2 Å². The number of pyridine rings is 1. The van der Waals surface area contributed by atoms with Gasteiger partial charge in [-0.1, -0.05) is 23.2 Å². The summed E-state index contributed by atoms with van der Waals surface area (Å²) in [5.74, 6) is 2.81. The van der Waals surface area contributed by atoms with Gasteiger partial charge in [-0.15, -0.1) is 0 Å². The van der Waals surface area contributed by atoms with Crippen molar-refractivity contribution >= 4 is 45.5 Å². The maximum Gasteiger partial charge on any atom is 0.171 e. The average molecular weight is 594 g/mol. The van der Waals surface area contributed by atoms with Gasteiger partial charge in [0.15, 0.2) is 17.2 Å². The van der Waals surface area contributed by atoms with Crippen LogP contribution in [0.2, 0.25) is 10.0 Å². The van der Waals surface area contributed by atoms with Crippen LogP contribution in [0.1, 0.15) is 24.2 Å². The number of halogens is 2. The van der Waals surface area contributed by atoms with Crippen LogP contribution in [-0.4, -0.2) is 50.3 Å². The van der Waals surface area contributed by atoms with Crippen molar-refractivity contribution in [1.29, 1.82) is 5.26 Å². The van der Waals surface area contributed by atoms with E-state index in [4.69, 9.17) is 41.8 Å². The Morgan fingerprint density at radius 3 is 2.56 bits per heavy atom. The van der Waals surface area contributed by atoms with Crippen LogP contribution < -0.4 is 24.8 Å². The van der Waals surface area contributed by atoms with E-state index in [9.17, 15) is 5.26 Å². The molecule has 0 radical (unpaired) electrons. The van der Waals surface area contributed by atoms with E-state index in [-0.39, 0.29) is 0 Å². The Morgan fingerprint density at radius 1 is 1.05 bits per heavy atom. The van der Waals surface area contributed by atoms with Gasteiger partial charge in [0.25, 0.3) is 0 Å². The highest BCUT2D eigenvalue weighted by Crippen LogP contribution is 2.42. The third kappa shape index (κ3) is 5.48. The molecule has 2 aromatic heterocycles. The molecule has 4 heterocycles. The number of hydrogen-bond acceptors (Lipinski definition) is 9. The van der Waals surface area contributed by atoms with E-state index in [1.807, 2.05) is 6.07 Å². The van der Waals surface area contributed by atoms with E-state index in [1.165, 1.54) is 26.1 Å². The maximum absolute atomic E-state index is 9.82. The van der Waals surface area contributed by atoms with Crippen molar-refractivity contribution in [3.8, 4) is 29.1 Å². The Bertz CT molecular complexity index is 1640. The zero-order valence-electron chi connectivity index (χ0n) is 22.7. The first-order valence-corrected chi connectivity index (χ1v) is 14.0. The van der Waals surface area contributed by atoms with E-state index in [1.54, 1.807) is 37.6 Å². The normalized spacial score (nSPS) is 16.3. The second-order valence-electron chi connectivity index (χ2n) is 10.5. The SMILES string of the molecule is COc1cc(Nc2c(C#N)cnc3cc(Oc4coc(CN5CC6(CCNCC6)C5)c4)c(OC)cc23)c(Cl)cc1Cl. The highest BCUT2D eigenvalue weighted by molar-refractivity contribution is 6.37. The molecule has 6 rings (SSSR count). The van der Waals surface area contributed by atoms with E-state index < -0.39 is 0 Å². The minimum atomic E-state index is 0.329. The lowest BCUT2D eigenvalue weighted by Crippen LogP contribution is -2.59. The molecule has 2 fully saturated rings. The van der Waals surface area contributed by atoms with Gasteiger partial charge in [0.1, 0.15) is 23.8 Å². The summed E-state index contributed by atoms with van der Waals surface area (Å²) in [5.41, 5.74) is 2.42. The summed E-state index contributed by atoms with van der Waals surface area (Å²) in [6.07, 6.45) is 5.58. The van der Waals surface area contributed by atoms with Crippen LogP contribution in [0.4, 0.5) is 11.4 Å². The number of nitriles is 1. The Morgan fingerprint density at radius 2 is 1.83 bits per heavy atom. The van der Waals surface area contributed by atoms with E-state index in [0.29, 0.717) is 66.3 Å². The number of nitrogens with one attached hydrogen (secondary N) is 2. The summed E-state index contributed by atoms with van der Waals surface area (Å²) < 4.78 is 23.0. The van der Waals surface area contributed by atoms with Crippen molar-refractivity contribution in [3.63, 3.8) is 0 Å². The lowest BCUT2D eigenvalue weighted by Gasteiger charge is -2.52. The number of aromatic nitrogens is 1. The minimum Gasteiger partial charge on any atom is -0.495 e. The summed E-state index contributed by atoms with van der Waals surface area (Å²) >= 11 is 12.7. The standard InChI is InChI=1S/C30H29Cl2N5O4/c1-38-26-11-25(22(31)9-23(26)32)36-29-18(12-33)13-35-24-10-28(27(39-2)8-21(24)29)41-20-7-19(40-15-20)14-37-16-30(17-37)3-5-34-6-4-30/h7-11,13,15,34H,3-6,14,16-17H2,1-2H3,(H,35,36). The first kappa shape index (κ1) is 27.5. The zero-order chi connectivity index (χ0) is 28.6. The van der Waals surface area contributed by atoms with Gasteiger partial charge in [-0.25, -0.2) is 0 Å². The molecular formula is C30H29Cl2N5O4. The molecule has 4 aromatic rings. The van der Waals surface area contributed by atoms with Crippen molar-refractivity contribution in [2.24, 2.45) is 5.41 Å². The van der Waals surface area contributed by atoms with E-state index in [0.717, 1.165) is 38.5 Å². The summed E-state index contributed by atoms with van der Waals surface area (Å²) in [4.78, 5) is 6.91. The summed E-state index contributed by atoms with van der Waals surface area (Å²) in [7, 11) is 3.08. The fourth-order valence-corrected chi connectivity index (χ4v) is 6.21. The van der Waals surface area contributed by atoms with Gasteiger partial charge in [0.2, 0.25) is 0 Å². The number of ether oxygens (including phenoxy) is 3. The molecule has 0 bridgehead atoms. The number of hydrogen-bond donors (Lipinski definition) is 2. The molecule has 2 aliphatic heterocycles.